The minimum Gasteiger partial charge on any atom is -0.497 e. The zero-order valence-electron chi connectivity index (χ0n) is 18.9. The number of carbonyl (C=O) groups excluding carboxylic acids is 1. The lowest BCUT2D eigenvalue weighted by Crippen LogP contribution is -2.32. The molecule has 0 fully saturated rings. The van der Waals surface area contributed by atoms with Crippen molar-refractivity contribution in [3.8, 4) is 11.5 Å². The van der Waals surface area contributed by atoms with Crippen LogP contribution in [0.2, 0.25) is 0 Å². The number of nitrogens with one attached hydrogen (secondary N) is 1. The SMILES string of the molecule is CCC(C)N(Cc1nc(C(=O)NCCN(C)C)co1)Cc1ccc(OC)cc1OC. The summed E-state index contributed by atoms with van der Waals surface area (Å²) in [7, 11) is 7.21. The Hall–Kier alpha value is -2.58. The molecule has 0 radical (unpaired) electrons. The normalized spacial score (nSPS) is 12.3. The average molecular weight is 419 g/mol. The summed E-state index contributed by atoms with van der Waals surface area (Å²) < 4.78 is 16.4. The highest BCUT2D eigenvalue weighted by molar-refractivity contribution is 5.91. The van der Waals surface area contributed by atoms with Gasteiger partial charge in [-0.2, -0.15) is 0 Å². The molecule has 166 valence electrons. The first-order valence-corrected chi connectivity index (χ1v) is 10.2. The first kappa shape index (κ1) is 23.7. The maximum Gasteiger partial charge on any atom is 0.273 e. The monoisotopic (exact) mass is 418 g/mol. The van der Waals surface area contributed by atoms with Crippen LogP contribution in [-0.2, 0) is 13.1 Å². The molecule has 0 aliphatic rings. The van der Waals surface area contributed by atoms with E-state index in [2.05, 4.69) is 29.0 Å². The number of carbonyl (C=O) groups is 1. The standard InChI is InChI=1S/C22H34N4O4/c1-7-16(2)26(13-17-8-9-18(28-5)12-20(17)29-6)14-21-24-19(15-30-21)22(27)23-10-11-25(3)4/h8-9,12,15-16H,7,10-11,13-14H2,1-6H3,(H,23,27). The van der Waals surface area contributed by atoms with E-state index in [1.807, 2.05) is 37.2 Å². The third kappa shape index (κ3) is 6.74. The van der Waals surface area contributed by atoms with Crippen LogP contribution in [0.5, 0.6) is 11.5 Å². The topological polar surface area (TPSA) is 80.1 Å². The van der Waals surface area contributed by atoms with Crippen molar-refractivity contribution in [1.82, 2.24) is 20.1 Å². The van der Waals surface area contributed by atoms with Crippen LogP contribution in [0.4, 0.5) is 0 Å². The molecule has 1 atom stereocenters. The van der Waals surface area contributed by atoms with Crippen LogP contribution in [0, 0.1) is 0 Å². The van der Waals surface area contributed by atoms with Gasteiger partial charge in [0.1, 0.15) is 17.8 Å². The van der Waals surface area contributed by atoms with Gasteiger partial charge < -0.3 is 24.1 Å². The van der Waals surface area contributed by atoms with Crippen LogP contribution in [-0.4, -0.2) is 68.1 Å². The molecular formula is C22H34N4O4. The second-order valence-electron chi connectivity index (χ2n) is 7.53. The number of ether oxygens (including phenoxy) is 2. The highest BCUT2D eigenvalue weighted by Crippen LogP contribution is 2.27. The minimum atomic E-state index is -0.223. The molecule has 1 amide bonds. The van der Waals surface area contributed by atoms with E-state index in [4.69, 9.17) is 13.9 Å². The lowest BCUT2D eigenvalue weighted by Gasteiger charge is -2.27. The summed E-state index contributed by atoms with van der Waals surface area (Å²) >= 11 is 0. The van der Waals surface area contributed by atoms with Gasteiger partial charge in [0.25, 0.3) is 5.91 Å². The van der Waals surface area contributed by atoms with Crippen molar-refractivity contribution in [2.24, 2.45) is 0 Å². The van der Waals surface area contributed by atoms with Crippen LogP contribution in [0.3, 0.4) is 0 Å². The Kier molecular flexibility index (Phi) is 9.14. The van der Waals surface area contributed by atoms with E-state index in [0.717, 1.165) is 30.0 Å². The molecule has 0 saturated heterocycles. The fourth-order valence-corrected chi connectivity index (χ4v) is 2.97. The molecule has 1 N–H and O–H groups in total. The Morgan fingerprint density at radius 1 is 1.23 bits per heavy atom. The molecule has 0 saturated carbocycles. The number of hydrogen-bond acceptors (Lipinski definition) is 7. The van der Waals surface area contributed by atoms with E-state index in [1.54, 1.807) is 14.2 Å². The summed E-state index contributed by atoms with van der Waals surface area (Å²) in [5.41, 5.74) is 1.35. The summed E-state index contributed by atoms with van der Waals surface area (Å²) in [6.45, 7) is 6.78. The number of likely N-dealkylation sites (N-methyl/N-ethyl adjacent to an activating group) is 1. The van der Waals surface area contributed by atoms with E-state index in [-0.39, 0.29) is 5.91 Å². The molecule has 30 heavy (non-hydrogen) atoms. The number of oxazole rings is 1. The predicted molar refractivity (Wildman–Crippen MR) is 116 cm³/mol. The van der Waals surface area contributed by atoms with Gasteiger partial charge in [0.15, 0.2) is 5.69 Å². The molecule has 1 unspecified atom stereocenters. The summed E-state index contributed by atoms with van der Waals surface area (Å²) in [4.78, 5) is 20.9. The van der Waals surface area contributed by atoms with Crippen LogP contribution in [0.25, 0.3) is 0 Å². The van der Waals surface area contributed by atoms with Gasteiger partial charge in [-0.15, -0.1) is 0 Å². The van der Waals surface area contributed by atoms with Crippen molar-refractivity contribution in [3.05, 3.63) is 41.6 Å². The van der Waals surface area contributed by atoms with E-state index in [1.165, 1.54) is 6.26 Å². The van der Waals surface area contributed by atoms with Gasteiger partial charge >= 0.3 is 0 Å². The fourth-order valence-electron chi connectivity index (χ4n) is 2.97. The van der Waals surface area contributed by atoms with Gasteiger partial charge in [-0.3, -0.25) is 9.69 Å². The Balaban J connectivity index is 2.09. The second-order valence-corrected chi connectivity index (χ2v) is 7.53. The van der Waals surface area contributed by atoms with Crippen molar-refractivity contribution in [1.29, 1.82) is 0 Å². The van der Waals surface area contributed by atoms with Crippen LogP contribution in [0.1, 0.15) is 42.2 Å². The second kappa shape index (κ2) is 11.6. The van der Waals surface area contributed by atoms with Gasteiger partial charge in [-0.1, -0.05) is 13.0 Å². The Morgan fingerprint density at radius 3 is 2.63 bits per heavy atom. The number of benzene rings is 1. The summed E-state index contributed by atoms with van der Waals surface area (Å²) in [5, 5.41) is 2.85. The lowest BCUT2D eigenvalue weighted by molar-refractivity contribution is 0.0946. The third-order valence-electron chi connectivity index (χ3n) is 5.05. The molecule has 2 rings (SSSR count). The maximum atomic E-state index is 12.3. The first-order chi connectivity index (χ1) is 14.4. The van der Waals surface area contributed by atoms with Crippen molar-refractivity contribution in [2.75, 3.05) is 41.4 Å². The van der Waals surface area contributed by atoms with E-state index in [0.29, 0.717) is 37.3 Å². The van der Waals surface area contributed by atoms with Gasteiger partial charge in [-0.25, -0.2) is 4.98 Å². The number of nitrogens with zero attached hydrogens (tertiary/aromatic N) is 3. The minimum absolute atomic E-state index is 0.223. The third-order valence-corrected chi connectivity index (χ3v) is 5.05. The highest BCUT2D eigenvalue weighted by atomic mass is 16.5. The average Bonchev–Trinajstić information content (AvgIpc) is 3.21. The van der Waals surface area contributed by atoms with Gasteiger partial charge in [0.05, 0.1) is 20.8 Å². The van der Waals surface area contributed by atoms with Crippen LogP contribution in [0.15, 0.2) is 28.9 Å². The zero-order valence-corrected chi connectivity index (χ0v) is 18.9. The summed E-state index contributed by atoms with van der Waals surface area (Å²) in [5.74, 6) is 1.82. The molecular weight excluding hydrogens is 384 g/mol. The molecule has 8 heteroatoms. The summed E-state index contributed by atoms with van der Waals surface area (Å²) in [6, 6.07) is 6.10. The zero-order chi connectivity index (χ0) is 22.1. The van der Waals surface area contributed by atoms with E-state index >= 15 is 0 Å². The Labute approximate surface area is 179 Å². The van der Waals surface area contributed by atoms with Crippen LogP contribution >= 0.6 is 0 Å². The van der Waals surface area contributed by atoms with E-state index < -0.39 is 0 Å². The van der Waals surface area contributed by atoms with Crippen LogP contribution < -0.4 is 14.8 Å². The molecule has 1 aromatic carbocycles. The largest absolute Gasteiger partial charge is 0.497 e. The van der Waals surface area contributed by atoms with Crippen molar-refractivity contribution < 1.29 is 18.7 Å². The van der Waals surface area contributed by atoms with Crippen molar-refractivity contribution in [3.63, 3.8) is 0 Å². The number of amides is 1. The first-order valence-electron chi connectivity index (χ1n) is 10.2. The molecule has 2 aromatic rings. The number of rotatable bonds is 12. The van der Waals surface area contributed by atoms with Gasteiger partial charge in [0.2, 0.25) is 5.89 Å². The predicted octanol–water partition coefficient (Wildman–Crippen LogP) is 2.78. The maximum absolute atomic E-state index is 12.3. The number of methoxy groups -OCH3 is 2. The number of aromatic nitrogens is 1. The number of hydrogen-bond donors (Lipinski definition) is 1. The molecule has 1 heterocycles. The lowest BCUT2D eigenvalue weighted by atomic mass is 10.1. The Morgan fingerprint density at radius 2 is 2.00 bits per heavy atom. The molecule has 0 spiro atoms. The molecule has 0 aliphatic carbocycles. The van der Waals surface area contributed by atoms with Crippen molar-refractivity contribution >= 4 is 5.91 Å². The Bertz CT molecular complexity index is 806. The van der Waals surface area contributed by atoms with Gasteiger partial charge in [0, 0.05) is 37.3 Å². The van der Waals surface area contributed by atoms with Gasteiger partial charge in [-0.05, 0) is 33.5 Å². The van der Waals surface area contributed by atoms with E-state index in [9.17, 15) is 4.79 Å². The smallest absolute Gasteiger partial charge is 0.273 e. The fraction of sp³-hybridized carbons (Fsp3) is 0.545. The highest BCUT2D eigenvalue weighted by Gasteiger charge is 2.20. The molecule has 1 aromatic heterocycles. The van der Waals surface area contributed by atoms with Crippen molar-refractivity contribution in [2.45, 2.75) is 39.4 Å². The quantitative estimate of drug-likeness (QED) is 0.568. The molecule has 0 aliphatic heterocycles. The summed E-state index contributed by atoms with van der Waals surface area (Å²) in [6.07, 6.45) is 2.39. The molecule has 8 nitrogen and oxygen atoms in total. The molecule has 0 bridgehead atoms.